The summed E-state index contributed by atoms with van der Waals surface area (Å²) in [6.07, 6.45) is 0. The van der Waals surface area contributed by atoms with Gasteiger partial charge in [-0.2, -0.15) is 0 Å². The van der Waals surface area contributed by atoms with E-state index in [4.69, 9.17) is 9.97 Å². The number of nitrogens with zero attached hydrogens (tertiary/aromatic N) is 3. The topological polar surface area (TPSA) is 29.0 Å². The monoisotopic (exact) mass is 749 g/mol. The van der Waals surface area contributed by atoms with E-state index < -0.39 is 0 Å². The molecule has 274 valence electrons. The van der Waals surface area contributed by atoms with Crippen molar-refractivity contribution in [3.8, 4) is 22.5 Å². The van der Waals surface area contributed by atoms with Gasteiger partial charge in [-0.05, 0) is 113 Å². The molecule has 1 aromatic heterocycles. The van der Waals surface area contributed by atoms with Crippen molar-refractivity contribution in [1.29, 1.82) is 0 Å². The van der Waals surface area contributed by atoms with E-state index in [1.165, 1.54) is 64.6 Å². The van der Waals surface area contributed by atoms with Gasteiger partial charge in [-0.1, -0.05) is 164 Å². The van der Waals surface area contributed by atoms with Gasteiger partial charge in [-0.3, -0.25) is 0 Å². The summed E-state index contributed by atoms with van der Waals surface area (Å²) < 4.78 is 0. The van der Waals surface area contributed by atoms with E-state index in [9.17, 15) is 0 Å². The van der Waals surface area contributed by atoms with Crippen LogP contribution < -0.4 is 4.90 Å². The first-order valence-corrected chi connectivity index (χ1v) is 20.2. The van der Waals surface area contributed by atoms with Crippen LogP contribution in [0.1, 0.15) is 0 Å². The average molecular weight is 750 g/mol. The van der Waals surface area contributed by atoms with Crippen LogP contribution in [0.5, 0.6) is 0 Å². The van der Waals surface area contributed by atoms with Crippen LogP contribution in [0.4, 0.5) is 17.1 Å². The van der Waals surface area contributed by atoms with Crippen LogP contribution in [-0.4, -0.2) is 9.97 Å². The second kappa shape index (κ2) is 13.4. The molecule has 0 bridgehead atoms. The lowest BCUT2D eigenvalue weighted by molar-refractivity contribution is 1.28. The second-order valence-corrected chi connectivity index (χ2v) is 15.3. The average Bonchev–Trinajstić information content (AvgIpc) is 3.32. The highest BCUT2D eigenvalue weighted by molar-refractivity contribution is 6.27. The molecule has 0 aliphatic carbocycles. The Hall–Kier alpha value is -7.88. The van der Waals surface area contributed by atoms with E-state index in [1.807, 2.05) is 30.3 Å². The Morgan fingerprint density at radius 2 is 0.542 bits per heavy atom. The first-order chi connectivity index (χ1) is 29.3. The molecule has 0 spiro atoms. The fourth-order valence-electron chi connectivity index (χ4n) is 9.28. The van der Waals surface area contributed by atoms with Gasteiger partial charge in [-0.15, -0.1) is 0 Å². The van der Waals surface area contributed by atoms with Gasteiger partial charge in [-0.25, -0.2) is 9.97 Å². The fraction of sp³-hybridized carbons (Fsp3) is 0. The normalized spacial score (nSPS) is 11.7. The van der Waals surface area contributed by atoms with Gasteiger partial charge < -0.3 is 4.90 Å². The lowest BCUT2D eigenvalue weighted by Crippen LogP contribution is -2.10. The van der Waals surface area contributed by atoms with Crippen LogP contribution in [0, 0.1) is 0 Å². The van der Waals surface area contributed by atoms with Crippen LogP contribution in [0.3, 0.4) is 0 Å². The van der Waals surface area contributed by atoms with Crippen molar-refractivity contribution in [3.05, 3.63) is 212 Å². The van der Waals surface area contributed by atoms with E-state index in [1.54, 1.807) is 0 Å². The predicted octanol–water partition coefficient (Wildman–Crippen LogP) is 15.4. The summed E-state index contributed by atoms with van der Waals surface area (Å²) in [5.74, 6) is 0. The molecular weight excluding hydrogens is 715 g/mol. The molecule has 1 heterocycles. The van der Waals surface area contributed by atoms with Crippen molar-refractivity contribution in [2.24, 2.45) is 0 Å². The first kappa shape index (κ1) is 33.3. The minimum atomic E-state index is 0.862. The number of hydrogen-bond acceptors (Lipinski definition) is 3. The van der Waals surface area contributed by atoms with Crippen molar-refractivity contribution in [3.63, 3.8) is 0 Å². The van der Waals surface area contributed by atoms with Gasteiger partial charge in [0.15, 0.2) is 0 Å². The highest BCUT2D eigenvalue weighted by Crippen LogP contribution is 2.44. The molecule has 11 aromatic carbocycles. The maximum absolute atomic E-state index is 5.21. The van der Waals surface area contributed by atoms with E-state index in [-0.39, 0.29) is 0 Å². The fourth-order valence-corrected chi connectivity index (χ4v) is 9.28. The van der Waals surface area contributed by atoms with E-state index in [2.05, 4.69) is 187 Å². The number of benzene rings is 11. The van der Waals surface area contributed by atoms with Crippen molar-refractivity contribution in [2.75, 3.05) is 4.90 Å². The molecule has 3 heteroatoms. The summed E-state index contributed by atoms with van der Waals surface area (Å²) in [5.41, 5.74) is 8.77. The molecule has 0 fully saturated rings. The highest BCUT2D eigenvalue weighted by Gasteiger charge is 2.19. The van der Waals surface area contributed by atoms with Gasteiger partial charge in [0, 0.05) is 28.2 Å². The van der Waals surface area contributed by atoms with Gasteiger partial charge in [0.05, 0.1) is 22.4 Å². The molecule has 0 atom stereocenters. The van der Waals surface area contributed by atoms with Gasteiger partial charge in [0.1, 0.15) is 0 Å². The zero-order valence-electron chi connectivity index (χ0n) is 32.0. The molecule has 0 saturated heterocycles. The Bertz CT molecular complexity index is 3380. The summed E-state index contributed by atoms with van der Waals surface area (Å²) in [6.45, 7) is 0. The minimum absolute atomic E-state index is 0.862. The lowest BCUT2D eigenvalue weighted by atomic mass is 9.93. The number of para-hydroxylation sites is 2. The molecule has 3 nitrogen and oxygen atoms in total. The Labute approximate surface area is 341 Å². The number of aromatic nitrogens is 2. The minimum Gasteiger partial charge on any atom is -0.310 e. The third kappa shape index (κ3) is 5.36. The molecule has 0 unspecified atom stereocenters. The van der Waals surface area contributed by atoms with Gasteiger partial charge in [0.25, 0.3) is 0 Å². The van der Waals surface area contributed by atoms with Crippen LogP contribution >= 0.6 is 0 Å². The van der Waals surface area contributed by atoms with Gasteiger partial charge in [0.2, 0.25) is 0 Å². The molecule has 0 aliphatic heterocycles. The second-order valence-electron chi connectivity index (χ2n) is 15.3. The summed E-state index contributed by atoms with van der Waals surface area (Å²) in [4.78, 5) is 12.8. The third-order valence-corrected chi connectivity index (χ3v) is 12.0. The molecule has 0 saturated carbocycles. The number of rotatable bonds is 5. The quantitative estimate of drug-likeness (QED) is 0.164. The van der Waals surface area contributed by atoms with Crippen molar-refractivity contribution in [2.45, 2.75) is 0 Å². The highest BCUT2D eigenvalue weighted by atomic mass is 15.1. The Balaban J connectivity index is 1.09. The summed E-state index contributed by atoms with van der Waals surface area (Å²) in [5, 5.41) is 15.1. The van der Waals surface area contributed by atoms with Crippen molar-refractivity contribution >= 4 is 92.7 Å². The lowest BCUT2D eigenvalue weighted by Gasteiger charge is -2.27. The van der Waals surface area contributed by atoms with Crippen LogP contribution in [0.15, 0.2) is 212 Å². The van der Waals surface area contributed by atoms with E-state index >= 15 is 0 Å². The van der Waals surface area contributed by atoms with Crippen LogP contribution in [0.2, 0.25) is 0 Å². The maximum Gasteiger partial charge on any atom is 0.0973 e. The standard InChI is InChI=1S/C56H35N3/c1-2-14-36(15-3-1)55-56(58-54-25-13-12-24-53(54)57-55)37-26-28-38(29-27-37)59(39-30-32-49-45-20-6-4-16-41(45)43-18-8-10-22-47(43)51(49)34-39)40-31-33-50-46-21-7-5-17-42(46)44-19-9-11-23-48(44)52(50)35-40/h1-35H. The summed E-state index contributed by atoms with van der Waals surface area (Å²) in [7, 11) is 0. The zero-order chi connectivity index (χ0) is 38.9. The third-order valence-electron chi connectivity index (χ3n) is 12.0. The SMILES string of the molecule is c1ccc(-c2nc3ccccc3nc2-c2ccc(N(c3ccc4c5ccccc5c5ccccc5c4c3)c3ccc4c5ccccc5c5ccccc5c4c3)cc2)cc1. The molecule has 0 amide bonds. The Morgan fingerprint density at radius 3 is 0.949 bits per heavy atom. The molecule has 0 N–H and O–H groups in total. The summed E-state index contributed by atoms with van der Waals surface area (Å²) >= 11 is 0. The number of anilines is 3. The maximum atomic E-state index is 5.21. The Morgan fingerprint density at radius 1 is 0.237 bits per heavy atom. The van der Waals surface area contributed by atoms with Crippen molar-refractivity contribution < 1.29 is 0 Å². The zero-order valence-corrected chi connectivity index (χ0v) is 32.0. The molecule has 12 aromatic rings. The number of fused-ring (bicyclic) bond motifs is 13. The van der Waals surface area contributed by atoms with E-state index in [0.29, 0.717) is 0 Å². The Kier molecular flexibility index (Phi) is 7.54. The molecule has 0 radical (unpaired) electrons. The number of hydrogen-bond donors (Lipinski definition) is 0. The molecule has 0 aliphatic rings. The van der Waals surface area contributed by atoms with Crippen molar-refractivity contribution in [1.82, 2.24) is 9.97 Å². The van der Waals surface area contributed by atoms with Crippen LogP contribution in [0.25, 0.3) is 98.2 Å². The van der Waals surface area contributed by atoms with E-state index in [0.717, 1.165) is 50.6 Å². The molecule has 12 rings (SSSR count). The van der Waals surface area contributed by atoms with Gasteiger partial charge >= 0.3 is 0 Å². The first-order valence-electron chi connectivity index (χ1n) is 20.2. The predicted molar refractivity (Wildman–Crippen MR) is 250 cm³/mol. The largest absolute Gasteiger partial charge is 0.310 e. The molecular formula is C56H35N3. The molecule has 59 heavy (non-hydrogen) atoms. The van der Waals surface area contributed by atoms with Crippen LogP contribution in [-0.2, 0) is 0 Å². The summed E-state index contributed by atoms with van der Waals surface area (Å²) in [6, 6.07) is 76.4. The smallest absolute Gasteiger partial charge is 0.0973 e.